The average molecular weight is 256 g/mol. The number of amides is 1. The third-order valence-electron chi connectivity index (χ3n) is 2.30. The topological polar surface area (TPSA) is 46.6 Å². The maximum Gasteiger partial charge on any atom is 0.325 e. The number of hydrogen-bond acceptors (Lipinski definition) is 3. The van der Waals surface area contributed by atoms with Gasteiger partial charge in [-0.2, -0.15) is 0 Å². The average Bonchev–Trinajstić information content (AvgIpc) is 2.28. The predicted octanol–water partition coefficient (Wildman–Crippen LogP) is 1.89. The minimum atomic E-state index is -0.468. The first-order valence-corrected chi connectivity index (χ1v) is 5.42. The highest BCUT2D eigenvalue weighted by molar-refractivity contribution is 6.33. The molecule has 0 aliphatic rings. The van der Waals surface area contributed by atoms with E-state index in [1.165, 1.54) is 19.1 Å². The monoisotopic (exact) mass is 255 g/mol. The van der Waals surface area contributed by atoms with Crippen molar-refractivity contribution in [2.24, 2.45) is 0 Å². The van der Waals surface area contributed by atoms with E-state index >= 15 is 0 Å². The zero-order chi connectivity index (χ0) is 13.0. The number of esters is 1. The summed E-state index contributed by atoms with van der Waals surface area (Å²) in [5.74, 6) is -0.774. The van der Waals surface area contributed by atoms with Crippen LogP contribution in [-0.4, -0.2) is 37.5 Å². The van der Waals surface area contributed by atoms with Crippen molar-refractivity contribution in [3.05, 3.63) is 34.3 Å². The number of likely N-dealkylation sites (N-methyl/N-ethyl adjacent to an activating group) is 1. The van der Waals surface area contributed by atoms with Gasteiger partial charge in [-0.1, -0.05) is 17.7 Å². The van der Waals surface area contributed by atoms with Crippen molar-refractivity contribution in [1.29, 1.82) is 0 Å². The second-order valence-corrected chi connectivity index (χ2v) is 4.13. The molecule has 0 fully saturated rings. The first kappa shape index (κ1) is 13.5. The Morgan fingerprint density at radius 3 is 2.59 bits per heavy atom. The van der Waals surface area contributed by atoms with Gasteiger partial charge in [0, 0.05) is 7.05 Å². The molecule has 0 N–H and O–H groups in total. The highest BCUT2D eigenvalue weighted by Gasteiger charge is 2.17. The first-order valence-electron chi connectivity index (χ1n) is 5.04. The van der Waals surface area contributed by atoms with E-state index in [2.05, 4.69) is 4.74 Å². The molecule has 0 bridgehead atoms. The molecule has 1 amide bonds. The van der Waals surface area contributed by atoms with Crippen LogP contribution in [0.5, 0.6) is 0 Å². The second kappa shape index (κ2) is 5.68. The fourth-order valence-corrected chi connectivity index (χ4v) is 1.65. The van der Waals surface area contributed by atoms with Crippen molar-refractivity contribution in [3.8, 4) is 0 Å². The van der Waals surface area contributed by atoms with Crippen LogP contribution in [0.4, 0.5) is 0 Å². The van der Waals surface area contributed by atoms with Gasteiger partial charge in [0.2, 0.25) is 0 Å². The molecule has 0 heterocycles. The van der Waals surface area contributed by atoms with E-state index in [0.29, 0.717) is 10.6 Å². The summed E-state index contributed by atoms with van der Waals surface area (Å²) >= 11 is 5.98. The van der Waals surface area contributed by atoms with Crippen LogP contribution >= 0.6 is 11.6 Å². The zero-order valence-electron chi connectivity index (χ0n) is 9.99. The molecular formula is C12H14ClNO3. The maximum absolute atomic E-state index is 12.0. The number of carbonyl (C=O) groups excluding carboxylic acids is 2. The third-order valence-corrected chi connectivity index (χ3v) is 2.61. The number of nitrogens with zero attached hydrogens (tertiary/aromatic N) is 1. The van der Waals surface area contributed by atoms with E-state index < -0.39 is 5.97 Å². The predicted molar refractivity (Wildman–Crippen MR) is 65.2 cm³/mol. The molecule has 0 aromatic heterocycles. The largest absolute Gasteiger partial charge is 0.468 e. The molecule has 0 spiro atoms. The number of ether oxygens (including phenoxy) is 1. The fourth-order valence-electron chi connectivity index (χ4n) is 1.33. The van der Waals surface area contributed by atoms with Crippen molar-refractivity contribution in [2.45, 2.75) is 6.92 Å². The fraction of sp³-hybridized carbons (Fsp3) is 0.333. The van der Waals surface area contributed by atoms with Gasteiger partial charge in [0.15, 0.2) is 0 Å². The van der Waals surface area contributed by atoms with Crippen LogP contribution in [0.1, 0.15) is 15.9 Å². The van der Waals surface area contributed by atoms with E-state index in [0.717, 1.165) is 5.56 Å². The molecule has 1 rings (SSSR count). The number of halogens is 1. The van der Waals surface area contributed by atoms with Crippen molar-refractivity contribution >= 4 is 23.5 Å². The van der Waals surface area contributed by atoms with Gasteiger partial charge >= 0.3 is 5.97 Å². The van der Waals surface area contributed by atoms with Crippen molar-refractivity contribution in [2.75, 3.05) is 20.7 Å². The van der Waals surface area contributed by atoms with Gasteiger partial charge < -0.3 is 9.64 Å². The van der Waals surface area contributed by atoms with Crippen LogP contribution in [0.3, 0.4) is 0 Å². The molecule has 1 aromatic rings. The van der Waals surface area contributed by atoms with Gasteiger partial charge in [-0.05, 0) is 24.6 Å². The molecule has 0 aliphatic heterocycles. The van der Waals surface area contributed by atoms with Crippen LogP contribution in [-0.2, 0) is 9.53 Å². The Morgan fingerprint density at radius 1 is 1.41 bits per heavy atom. The normalized spacial score (nSPS) is 9.88. The first-order chi connectivity index (χ1) is 7.95. The lowest BCUT2D eigenvalue weighted by Crippen LogP contribution is -2.32. The van der Waals surface area contributed by atoms with Gasteiger partial charge in [0.05, 0.1) is 17.7 Å². The summed E-state index contributed by atoms with van der Waals surface area (Å²) in [6.07, 6.45) is 0. The summed E-state index contributed by atoms with van der Waals surface area (Å²) in [5.41, 5.74) is 1.35. The SMILES string of the molecule is COC(=O)CN(C)C(=O)c1ccc(C)cc1Cl. The molecule has 0 saturated heterocycles. The van der Waals surface area contributed by atoms with E-state index in [1.54, 1.807) is 18.2 Å². The van der Waals surface area contributed by atoms with Crippen LogP contribution in [0.15, 0.2) is 18.2 Å². The summed E-state index contributed by atoms with van der Waals surface area (Å²) in [4.78, 5) is 24.3. The molecule has 0 saturated carbocycles. The summed E-state index contributed by atoms with van der Waals surface area (Å²) in [7, 11) is 2.80. The van der Waals surface area contributed by atoms with Crippen LogP contribution in [0.25, 0.3) is 0 Å². The minimum absolute atomic E-state index is 0.0977. The number of rotatable bonds is 3. The Labute approximate surface area is 105 Å². The zero-order valence-corrected chi connectivity index (χ0v) is 10.7. The minimum Gasteiger partial charge on any atom is -0.468 e. The summed E-state index contributed by atoms with van der Waals surface area (Å²) < 4.78 is 4.49. The number of benzene rings is 1. The Bertz CT molecular complexity index is 445. The van der Waals surface area contributed by atoms with E-state index in [-0.39, 0.29) is 12.5 Å². The van der Waals surface area contributed by atoms with E-state index in [9.17, 15) is 9.59 Å². The quantitative estimate of drug-likeness (QED) is 0.775. The summed E-state index contributed by atoms with van der Waals surface area (Å²) in [5, 5.41) is 0.381. The molecule has 0 unspecified atom stereocenters. The molecule has 92 valence electrons. The second-order valence-electron chi connectivity index (χ2n) is 3.72. The molecular weight excluding hydrogens is 242 g/mol. The number of methoxy groups -OCH3 is 1. The molecule has 0 atom stereocenters. The lowest BCUT2D eigenvalue weighted by Gasteiger charge is -2.16. The van der Waals surface area contributed by atoms with E-state index in [1.807, 2.05) is 6.92 Å². The van der Waals surface area contributed by atoms with Crippen molar-refractivity contribution < 1.29 is 14.3 Å². The van der Waals surface area contributed by atoms with Crippen LogP contribution in [0.2, 0.25) is 5.02 Å². The molecule has 0 radical (unpaired) electrons. The molecule has 1 aromatic carbocycles. The molecule has 0 aliphatic carbocycles. The molecule has 4 nitrogen and oxygen atoms in total. The Morgan fingerprint density at radius 2 is 2.06 bits per heavy atom. The van der Waals surface area contributed by atoms with Gasteiger partial charge in [0.25, 0.3) is 5.91 Å². The smallest absolute Gasteiger partial charge is 0.325 e. The van der Waals surface area contributed by atoms with Gasteiger partial charge in [0.1, 0.15) is 6.54 Å². The van der Waals surface area contributed by atoms with Gasteiger partial charge in [-0.15, -0.1) is 0 Å². The van der Waals surface area contributed by atoms with Crippen LogP contribution < -0.4 is 0 Å². The Kier molecular flexibility index (Phi) is 4.52. The lowest BCUT2D eigenvalue weighted by atomic mass is 10.1. The number of hydrogen-bond donors (Lipinski definition) is 0. The highest BCUT2D eigenvalue weighted by Crippen LogP contribution is 2.18. The molecule has 17 heavy (non-hydrogen) atoms. The van der Waals surface area contributed by atoms with Crippen LogP contribution in [0, 0.1) is 6.92 Å². The number of aryl methyl sites for hydroxylation is 1. The van der Waals surface area contributed by atoms with Gasteiger partial charge in [-0.3, -0.25) is 9.59 Å². The maximum atomic E-state index is 12.0. The third kappa shape index (κ3) is 3.46. The number of carbonyl (C=O) groups is 2. The lowest BCUT2D eigenvalue weighted by molar-refractivity contribution is -0.141. The standard InChI is InChI=1S/C12H14ClNO3/c1-8-4-5-9(10(13)6-8)12(16)14(2)7-11(15)17-3/h4-6H,7H2,1-3H3. The van der Waals surface area contributed by atoms with E-state index in [4.69, 9.17) is 11.6 Å². The van der Waals surface area contributed by atoms with Gasteiger partial charge in [-0.25, -0.2) is 0 Å². The Hall–Kier alpha value is -1.55. The highest BCUT2D eigenvalue weighted by atomic mass is 35.5. The summed E-state index contributed by atoms with van der Waals surface area (Å²) in [6, 6.07) is 5.15. The summed E-state index contributed by atoms with van der Waals surface area (Å²) in [6.45, 7) is 1.79. The Balaban J connectivity index is 2.85. The van der Waals surface area contributed by atoms with Crippen molar-refractivity contribution in [3.63, 3.8) is 0 Å². The molecule has 5 heteroatoms. The van der Waals surface area contributed by atoms with Crippen molar-refractivity contribution in [1.82, 2.24) is 4.90 Å².